The fourth-order valence-corrected chi connectivity index (χ4v) is 7.20. The number of anilines is 1. The van der Waals surface area contributed by atoms with Gasteiger partial charge in [0.15, 0.2) is 28.4 Å². The fourth-order valence-electron chi connectivity index (χ4n) is 3.30. The molecule has 0 spiro atoms. The van der Waals surface area contributed by atoms with Gasteiger partial charge < -0.3 is 30.1 Å². The third-order valence-electron chi connectivity index (χ3n) is 5.34. The number of aliphatic hydroxyl groups excluding tert-OH is 2. The van der Waals surface area contributed by atoms with Crippen LogP contribution in [0.15, 0.2) is 11.5 Å². The minimum Gasteiger partial charge on any atom is -0.387 e. The van der Waals surface area contributed by atoms with Gasteiger partial charge in [0.25, 0.3) is 0 Å². The first-order valence-corrected chi connectivity index (χ1v) is 17.6. The summed E-state index contributed by atoms with van der Waals surface area (Å²) in [6.07, 6.45) is -8.59. The number of aliphatic hydroxyl groups is 2. The number of imidazole rings is 1. The highest BCUT2D eigenvalue weighted by atomic mass is 35.5. The van der Waals surface area contributed by atoms with Gasteiger partial charge in [0.1, 0.15) is 18.3 Å². The van der Waals surface area contributed by atoms with Crippen molar-refractivity contribution in [2.45, 2.75) is 53.3 Å². The summed E-state index contributed by atoms with van der Waals surface area (Å²) in [5, 5.41) is 24.2. The van der Waals surface area contributed by atoms with Crippen molar-refractivity contribution < 1.29 is 55.9 Å². The zero-order valence-corrected chi connectivity index (χ0v) is 26.1. The Morgan fingerprint density at radius 1 is 1.20 bits per heavy atom. The summed E-state index contributed by atoms with van der Waals surface area (Å²) in [7, 11) is -10.3. The summed E-state index contributed by atoms with van der Waals surface area (Å²) in [5.41, 5.74) is 0.258. The Balaban J connectivity index is 1.82. The van der Waals surface area contributed by atoms with E-state index in [0.29, 0.717) is 12.3 Å². The minimum absolute atomic E-state index is 0.0135. The van der Waals surface area contributed by atoms with Gasteiger partial charge in [0.2, 0.25) is 4.07 Å². The average molecular weight is 710 g/mol. The lowest BCUT2D eigenvalue weighted by Crippen LogP contribution is -2.33. The number of phosphoric ester groups is 1. The number of phosphoric acid groups is 1. The van der Waals surface area contributed by atoms with E-state index in [9.17, 15) is 42.3 Å². The Kier molecular flexibility index (Phi) is 11.7. The molecule has 5 N–H and O–H groups in total. The normalized spacial score (nSPS) is 24.9. The molecule has 14 nitrogen and oxygen atoms in total. The molecule has 23 heteroatoms. The molecule has 0 aromatic carbocycles. The van der Waals surface area contributed by atoms with Gasteiger partial charge in [-0.2, -0.15) is 24.9 Å². The zero-order valence-electron chi connectivity index (χ0n) is 21.1. The maximum atomic E-state index is 12.7. The molecular weight excluding hydrogens is 684 g/mol. The van der Waals surface area contributed by atoms with Crippen molar-refractivity contribution in [2.24, 2.45) is 0 Å². The van der Waals surface area contributed by atoms with Gasteiger partial charge in [-0.15, -0.1) is 0 Å². The topological polar surface area (TPSA) is 198 Å². The molecule has 2 aromatic heterocycles. The van der Waals surface area contributed by atoms with E-state index in [4.69, 9.17) is 27.9 Å². The number of nitrogens with zero attached hydrogens (tertiary/aromatic N) is 4. The molecule has 1 fully saturated rings. The Hall–Kier alpha value is -0.400. The number of aromatic nitrogens is 4. The highest BCUT2D eigenvalue weighted by Crippen LogP contribution is 2.69. The molecule has 0 radical (unpaired) electrons. The molecule has 1 aliphatic heterocycles. The van der Waals surface area contributed by atoms with Crippen LogP contribution in [-0.2, 0) is 22.7 Å². The molecular formula is C18H26Cl2F3N5O9P2S2. The van der Waals surface area contributed by atoms with Gasteiger partial charge in [-0.3, -0.25) is 13.7 Å². The molecule has 4 unspecified atom stereocenters. The maximum absolute atomic E-state index is 12.7. The molecule has 1 saturated heterocycles. The average Bonchev–Trinajstić information content (AvgIpc) is 3.36. The molecule has 0 amide bonds. The molecule has 0 bridgehead atoms. The van der Waals surface area contributed by atoms with E-state index in [0.717, 1.165) is 18.7 Å². The van der Waals surface area contributed by atoms with Gasteiger partial charge in [0.05, 0.1) is 19.4 Å². The summed E-state index contributed by atoms with van der Waals surface area (Å²) in [5.74, 6) is 0.549. The lowest BCUT2D eigenvalue weighted by Gasteiger charge is -2.23. The Labute approximate surface area is 249 Å². The number of rotatable bonds is 14. The molecule has 3 rings (SSSR count). The number of hydrogen-bond donors (Lipinski definition) is 5. The van der Waals surface area contributed by atoms with E-state index in [1.54, 1.807) is 0 Å². The smallest absolute Gasteiger partial charge is 0.387 e. The van der Waals surface area contributed by atoms with Crippen LogP contribution in [0, 0.1) is 0 Å². The quantitative estimate of drug-likeness (QED) is 0.0625. The highest BCUT2D eigenvalue weighted by molar-refractivity contribution is 7.99. The Bertz CT molecular complexity index is 1310. The number of fused-ring (bicyclic) bond motifs is 1. The first kappa shape index (κ1) is 35.1. The first-order valence-electron chi connectivity index (χ1n) is 11.4. The van der Waals surface area contributed by atoms with Crippen LogP contribution in [-0.4, -0.2) is 99.0 Å². The van der Waals surface area contributed by atoms with Gasteiger partial charge in [-0.1, -0.05) is 35.0 Å². The van der Waals surface area contributed by atoms with Crippen LogP contribution >= 0.6 is 62.1 Å². The van der Waals surface area contributed by atoms with Crippen LogP contribution in [0.1, 0.15) is 19.6 Å². The van der Waals surface area contributed by atoms with E-state index in [2.05, 4.69) is 29.1 Å². The fraction of sp³-hybridized carbons (Fsp3) is 0.722. The molecule has 6 atom stereocenters. The van der Waals surface area contributed by atoms with Gasteiger partial charge in [-0.25, -0.2) is 23.8 Å². The second-order valence-electron chi connectivity index (χ2n) is 8.57. The van der Waals surface area contributed by atoms with Gasteiger partial charge in [-0.05, 0) is 13.2 Å². The first-order chi connectivity index (χ1) is 18.9. The third-order valence-corrected chi connectivity index (χ3v) is 11.3. The Morgan fingerprint density at radius 2 is 1.88 bits per heavy atom. The standard InChI is InChI=1S/C18H26Cl2F3N5O9P2S2/c1-17(19,20)38(31,32)37-39(33,34)35-7-9-11(29)12(30)15(36-9)28-8-25-10-13(24-4-6-40-2)26-16(27-14(10)28)41-5-3-18(21,22)23/h8-9,11-12,15,29-30H,3-7H2,1-2H3,(H,31,32)(H,33,34)(H,24,26,27)/t9?,11?,12-,15-/m1/s1. The summed E-state index contributed by atoms with van der Waals surface area (Å²) in [6.45, 7) is 0.403. The van der Waals surface area contributed by atoms with Crippen LogP contribution in [0.25, 0.3) is 11.2 Å². The van der Waals surface area contributed by atoms with Crippen LogP contribution in [0.4, 0.5) is 19.0 Å². The molecule has 234 valence electrons. The summed E-state index contributed by atoms with van der Waals surface area (Å²) in [6, 6.07) is 0. The van der Waals surface area contributed by atoms with Crippen molar-refractivity contribution in [3.8, 4) is 0 Å². The van der Waals surface area contributed by atoms with Crippen molar-refractivity contribution in [1.29, 1.82) is 0 Å². The minimum atomic E-state index is -5.27. The number of halogens is 5. The second-order valence-corrected chi connectivity index (χ2v) is 16.6. The van der Waals surface area contributed by atoms with Crippen molar-refractivity contribution in [3.63, 3.8) is 0 Å². The largest absolute Gasteiger partial charge is 0.479 e. The van der Waals surface area contributed by atoms with Crippen molar-refractivity contribution in [1.82, 2.24) is 19.5 Å². The van der Waals surface area contributed by atoms with E-state index in [-0.39, 0.29) is 27.9 Å². The zero-order chi connectivity index (χ0) is 30.8. The summed E-state index contributed by atoms with van der Waals surface area (Å²) < 4.78 is 75.4. The van der Waals surface area contributed by atoms with Crippen LogP contribution in [0.5, 0.6) is 0 Å². The summed E-state index contributed by atoms with van der Waals surface area (Å²) in [4.78, 5) is 32.3. The molecule has 2 aromatic rings. The third kappa shape index (κ3) is 9.30. The number of thioether (sulfide) groups is 2. The SMILES string of the molecule is CSCCNc1nc(SCCC(F)(F)F)nc2c1ncn2[C@@H]1OC(COP(=O)(O)OP(=O)(O)C(C)(Cl)Cl)C(O)[C@H]1O. The predicted octanol–water partition coefficient (Wildman–Crippen LogP) is 3.74. The Morgan fingerprint density at radius 3 is 2.49 bits per heavy atom. The van der Waals surface area contributed by atoms with Crippen LogP contribution in [0.2, 0.25) is 0 Å². The number of ether oxygens (including phenoxy) is 1. The highest BCUT2D eigenvalue weighted by Gasteiger charge is 2.49. The lowest BCUT2D eigenvalue weighted by atomic mass is 10.1. The molecule has 41 heavy (non-hydrogen) atoms. The number of alkyl halides is 5. The number of nitrogens with one attached hydrogen (secondary N) is 1. The molecule has 3 heterocycles. The van der Waals surface area contributed by atoms with Gasteiger partial charge >= 0.3 is 21.6 Å². The molecule has 0 saturated carbocycles. The number of hydrogen-bond acceptors (Lipinski definition) is 13. The maximum Gasteiger partial charge on any atom is 0.479 e. The van der Waals surface area contributed by atoms with E-state index >= 15 is 0 Å². The molecule has 0 aliphatic carbocycles. The monoisotopic (exact) mass is 709 g/mol. The van der Waals surface area contributed by atoms with E-state index in [1.165, 1.54) is 22.7 Å². The van der Waals surface area contributed by atoms with E-state index < -0.39 is 63.2 Å². The van der Waals surface area contributed by atoms with Crippen molar-refractivity contribution >= 4 is 79.1 Å². The lowest BCUT2D eigenvalue weighted by molar-refractivity contribution is -0.129. The van der Waals surface area contributed by atoms with Crippen molar-refractivity contribution in [3.05, 3.63) is 6.33 Å². The molecule has 1 aliphatic rings. The van der Waals surface area contributed by atoms with E-state index in [1.807, 2.05) is 6.26 Å². The van der Waals surface area contributed by atoms with Gasteiger partial charge in [0, 0.05) is 18.1 Å². The second kappa shape index (κ2) is 13.7. The summed E-state index contributed by atoms with van der Waals surface area (Å²) >= 11 is 13.3. The van der Waals surface area contributed by atoms with Crippen molar-refractivity contribution in [2.75, 3.05) is 36.2 Å². The predicted molar refractivity (Wildman–Crippen MR) is 146 cm³/mol. The van der Waals surface area contributed by atoms with Crippen LogP contribution < -0.4 is 5.32 Å². The van der Waals surface area contributed by atoms with Crippen LogP contribution in [0.3, 0.4) is 0 Å².